The van der Waals surface area contributed by atoms with Crippen LogP contribution in [0.15, 0.2) is 0 Å². The molecule has 0 radical (unpaired) electrons. The van der Waals surface area contributed by atoms with Gasteiger partial charge in [0.1, 0.15) is 6.61 Å². The van der Waals surface area contributed by atoms with Crippen molar-refractivity contribution >= 4 is 12.2 Å². The molecule has 5 nitrogen and oxygen atoms in total. The van der Waals surface area contributed by atoms with Gasteiger partial charge in [0.25, 0.3) is 0 Å². The summed E-state index contributed by atoms with van der Waals surface area (Å²) in [6.07, 6.45) is 5.44. The van der Waals surface area contributed by atoms with Crippen molar-refractivity contribution in [2.24, 2.45) is 13.0 Å². The first kappa shape index (κ1) is 13.7. The molecular formula is C12H22N4OS. The van der Waals surface area contributed by atoms with Crippen molar-refractivity contribution in [1.29, 1.82) is 0 Å². The zero-order valence-corrected chi connectivity index (χ0v) is 12.0. The summed E-state index contributed by atoms with van der Waals surface area (Å²) in [6.45, 7) is 1.73. The maximum atomic E-state index is 9.16. The molecule has 102 valence electrons. The normalized spacial score (nSPS) is 16.9. The van der Waals surface area contributed by atoms with Gasteiger partial charge in [-0.15, -0.1) is 0 Å². The van der Waals surface area contributed by atoms with Crippen LogP contribution in [0.5, 0.6) is 0 Å². The quantitative estimate of drug-likeness (QED) is 0.824. The minimum Gasteiger partial charge on any atom is -0.388 e. The monoisotopic (exact) mass is 270 g/mol. The predicted molar refractivity (Wildman–Crippen MR) is 72.5 cm³/mol. The second kappa shape index (κ2) is 5.95. The van der Waals surface area contributed by atoms with E-state index in [0.717, 1.165) is 12.5 Å². The molecule has 1 fully saturated rings. The van der Waals surface area contributed by atoms with E-state index in [2.05, 4.69) is 17.0 Å². The predicted octanol–water partition coefficient (Wildman–Crippen LogP) is 1.52. The molecule has 0 saturated heterocycles. The zero-order valence-electron chi connectivity index (χ0n) is 11.2. The van der Waals surface area contributed by atoms with Gasteiger partial charge in [0.05, 0.1) is 6.67 Å². The van der Waals surface area contributed by atoms with Crippen LogP contribution in [-0.2, 0) is 20.3 Å². The molecule has 2 rings (SSSR count). The summed E-state index contributed by atoms with van der Waals surface area (Å²) >= 11 is 5.31. The second-order valence-corrected chi connectivity index (χ2v) is 5.61. The van der Waals surface area contributed by atoms with Crippen molar-refractivity contribution in [2.45, 2.75) is 39.0 Å². The molecular weight excluding hydrogens is 248 g/mol. The van der Waals surface area contributed by atoms with E-state index in [1.54, 1.807) is 9.25 Å². The molecule has 18 heavy (non-hydrogen) atoms. The van der Waals surface area contributed by atoms with Gasteiger partial charge in [-0.1, -0.05) is 12.8 Å². The Balaban J connectivity index is 1.97. The van der Waals surface area contributed by atoms with Crippen LogP contribution in [0.2, 0.25) is 0 Å². The summed E-state index contributed by atoms with van der Waals surface area (Å²) < 4.78 is 4.21. The highest BCUT2D eigenvalue weighted by atomic mass is 32.1. The highest BCUT2D eigenvalue weighted by Crippen LogP contribution is 2.25. The molecule has 0 aliphatic heterocycles. The van der Waals surface area contributed by atoms with E-state index in [1.807, 2.05) is 7.05 Å². The Kier molecular flexibility index (Phi) is 4.53. The van der Waals surface area contributed by atoms with Crippen LogP contribution in [0.1, 0.15) is 31.5 Å². The molecule has 1 heterocycles. The van der Waals surface area contributed by atoms with Crippen LogP contribution in [0, 0.1) is 10.7 Å². The molecule has 1 aliphatic carbocycles. The fourth-order valence-electron chi connectivity index (χ4n) is 2.68. The molecule has 0 unspecified atom stereocenters. The Bertz CT molecular complexity index is 447. The minimum atomic E-state index is -0.0700. The maximum absolute atomic E-state index is 9.16. The van der Waals surface area contributed by atoms with Gasteiger partial charge in [0.15, 0.2) is 10.6 Å². The molecule has 0 bridgehead atoms. The Morgan fingerprint density at radius 2 is 2.11 bits per heavy atom. The van der Waals surface area contributed by atoms with Gasteiger partial charge in [0, 0.05) is 13.6 Å². The van der Waals surface area contributed by atoms with Gasteiger partial charge in [-0.05, 0) is 38.0 Å². The molecule has 6 heteroatoms. The smallest absolute Gasteiger partial charge is 0.198 e. The van der Waals surface area contributed by atoms with Gasteiger partial charge in [-0.3, -0.25) is 4.90 Å². The van der Waals surface area contributed by atoms with Crippen LogP contribution < -0.4 is 0 Å². The van der Waals surface area contributed by atoms with E-state index in [4.69, 9.17) is 17.3 Å². The first-order valence-electron chi connectivity index (χ1n) is 6.54. The van der Waals surface area contributed by atoms with E-state index >= 15 is 0 Å². The Morgan fingerprint density at radius 1 is 1.44 bits per heavy atom. The van der Waals surface area contributed by atoms with Gasteiger partial charge in [-0.25, -0.2) is 4.68 Å². The third-order valence-corrected chi connectivity index (χ3v) is 4.18. The Hall–Kier alpha value is -0.720. The van der Waals surface area contributed by atoms with Gasteiger partial charge in [0.2, 0.25) is 0 Å². The van der Waals surface area contributed by atoms with E-state index in [1.165, 1.54) is 25.7 Å². The van der Waals surface area contributed by atoms with Crippen LogP contribution in [0.25, 0.3) is 0 Å². The summed E-state index contributed by atoms with van der Waals surface area (Å²) in [5, 5.41) is 13.5. The van der Waals surface area contributed by atoms with Crippen LogP contribution in [0.3, 0.4) is 0 Å². The lowest BCUT2D eigenvalue weighted by atomic mass is 10.1. The average molecular weight is 270 g/mol. The number of hydrogen-bond donors (Lipinski definition) is 1. The maximum Gasteiger partial charge on any atom is 0.198 e. The van der Waals surface area contributed by atoms with Crippen LogP contribution in [-0.4, -0.2) is 37.9 Å². The van der Waals surface area contributed by atoms with Crippen molar-refractivity contribution < 1.29 is 5.11 Å². The Labute approximate surface area is 113 Å². The second-order valence-electron chi connectivity index (χ2n) is 5.25. The molecule has 1 saturated carbocycles. The summed E-state index contributed by atoms with van der Waals surface area (Å²) in [4.78, 5) is 2.26. The van der Waals surface area contributed by atoms with E-state index in [9.17, 15) is 0 Å². The largest absolute Gasteiger partial charge is 0.388 e. The molecule has 1 N–H and O–H groups in total. The lowest BCUT2D eigenvalue weighted by Crippen LogP contribution is -2.27. The van der Waals surface area contributed by atoms with Crippen molar-refractivity contribution in [3.8, 4) is 0 Å². The van der Waals surface area contributed by atoms with Gasteiger partial charge >= 0.3 is 0 Å². The molecule has 0 amide bonds. The Morgan fingerprint density at radius 3 is 2.67 bits per heavy atom. The molecule has 1 aromatic heterocycles. The molecule has 1 aromatic rings. The third-order valence-electron chi connectivity index (χ3n) is 3.69. The number of aromatic nitrogens is 3. The SMILES string of the molecule is CN(CC1CCCC1)Cn1nc(CO)n(C)c1=S. The minimum absolute atomic E-state index is 0.0700. The third kappa shape index (κ3) is 2.99. The number of hydrogen-bond acceptors (Lipinski definition) is 4. The first-order chi connectivity index (χ1) is 8.61. The molecule has 0 atom stereocenters. The molecule has 0 spiro atoms. The summed E-state index contributed by atoms with van der Waals surface area (Å²) in [5.41, 5.74) is 0. The average Bonchev–Trinajstić information content (AvgIpc) is 2.93. The number of nitrogens with zero attached hydrogens (tertiary/aromatic N) is 4. The lowest BCUT2D eigenvalue weighted by molar-refractivity contribution is 0.213. The fourth-order valence-corrected chi connectivity index (χ4v) is 2.89. The topological polar surface area (TPSA) is 46.2 Å². The van der Waals surface area contributed by atoms with Crippen LogP contribution in [0.4, 0.5) is 0 Å². The molecule has 0 aromatic carbocycles. The first-order valence-corrected chi connectivity index (χ1v) is 6.94. The zero-order chi connectivity index (χ0) is 13.1. The van der Waals surface area contributed by atoms with Gasteiger partial charge < -0.3 is 9.67 Å². The summed E-state index contributed by atoms with van der Waals surface area (Å²) in [5.74, 6) is 1.44. The fraction of sp³-hybridized carbons (Fsp3) is 0.833. The van der Waals surface area contributed by atoms with E-state index in [0.29, 0.717) is 17.3 Å². The highest BCUT2D eigenvalue weighted by Gasteiger charge is 2.17. The van der Waals surface area contributed by atoms with Crippen molar-refractivity contribution in [1.82, 2.24) is 19.2 Å². The van der Waals surface area contributed by atoms with Gasteiger partial charge in [-0.2, -0.15) is 5.10 Å². The summed E-state index contributed by atoms with van der Waals surface area (Å²) in [6, 6.07) is 0. The number of aliphatic hydroxyl groups is 1. The number of rotatable bonds is 5. The van der Waals surface area contributed by atoms with Crippen molar-refractivity contribution in [3.63, 3.8) is 0 Å². The van der Waals surface area contributed by atoms with Crippen molar-refractivity contribution in [2.75, 3.05) is 13.6 Å². The van der Waals surface area contributed by atoms with Crippen LogP contribution >= 0.6 is 12.2 Å². The standard InChI is InChI=1S/C12H22N4OS/c1-14(7-10-5-3-4-6-10)9-16-12(18)15(2)11(8-17)13-16/h10,17H,3-9H2,1-2H3. The lowest BCUT2D eigenvalue weighted by Gasteiger charge is -2.20. The summed E-state index contributed by atoms with van der Waals surface area (Å²) in [7, 11) is 3.95. The van der Waals surface area contributed by atoms with E-state index < -0.39 is 0 Å². The van der Waals surface area contributed by atoms with Crippen molar-refractivity contribution in [3.05, 3.63) is 10.6 Å². The highest BCUT2D eigenvalue weighted by molar-refractivity contribution is 7.71. The van der Waals surface area contributed by atoms with E-state index in [-0.39, 0.29) is 6.61 Å². The molecule has 1 aliphatic rings. The number of aliphatic hydroxyl groups excluding tert-OH is 1.